The second-order valence-corrected chi connectivity index (χ2v) is 6.99. The van der Waals surface area contributed by atoms with E-state index in [1.807, 2.05) is 13.0 Å². The molecular formula is C19H18N4O3S. The number of hydrogen-bond acceptors (Lipinski definition) is 5. The molecule has 27 heavy (non-hydrogen) atoms. The Balaban J connectivity index is 1.57. The molecule has 0 radical (unpaired) electrons. The largest absolute Gasteiger partial charge is 0.366 e. The Labute approximate surface area is 159 Å². The van der Waals surface area contributed by atoms with E-state index in [1.165, 1.54) is 22.2 Å². The normalized spacial score (nSPS) is 10.7. The first kappa shape index (κ1) is 18.7. The summed E-state index contributed by atoms with van der Waals surface area (Å²) in [6, 6.07) is 11.5. The third kappa shape index (κ3) is 4.73. The minimum absolute atomic E-state index is 0.140. The monoisotopic (exact) mass is 382 g/mol. The summed E-state index contributed by atoms with van der Waals surface area (Å²) in [6.07, 6.45) is 1.75. The minimum atomic E-state index is -0.516. The molecule has 2 amide bonds. The first-order valence-electron chi connectivity index (χ1n) is 8.19. The fourth-order valence-electron chi connectivity index (χ4n) is 2.50. The van der Waals surface area contributed by atoms with Crippen LogP contribution in [-0.2, 0) is 10.5 Å². The van der Waals surface area contributed by atoms with Crippen LogP contribution in [0.5, 0.6) is 0 Å². The van der Waals surface area contributed by atoms with Crippen LogP contribution in [0.25, 0.3) is 5.65 Å². The van der Waals surface area contributed by atoms with Gasteiger partial charge in [0, 0.05) is 29.3 Å². The Morgan fingerprint density at radius 1 is 1.19 bits per heavy atom. The molecule has 7 nitrogen and oxygen atoms in total. The van der Waals surface area contributed by atoms with Crippen LogP contribution in [0.4, 0.5) is 5.69 Å². The van der Waals surface area contributed by atoms with E-state index < -0.39 is 5.91 Å². The van der Waals surface area contributed by atoms with Crippen molar-refractivity contribution in [1.82, 2.24) is 9.38 Å². The zero-order valence-electron chi connectivity index (χ0n) is 14.6. The molecule has 1 aromatic carbocycles. The first-order valence-corrected chi connectivity index (χ1v) is 9.34. The predicted octanol–water partition coefficient (Wildman–Crippen LogP) is 1.97. The van der Waals surface area contributed by atoms with Gasteiger partial charge in [0.2, 0.25) is 11.8 Å². The van der Waals surface area contributed by atoms with Gasteiger partial charge in [-0.15, -0.1) is 11.8 Å². The van der Waals surface area contributed by atoms with Crippen LogP contribution in [0.2, 0.25) is 0 Å². The van der Waals surface area contributed by atoms with Gasteiger partial charge >= 0.3 is 0 Å². The van der Waals surface area contributed by atoms with E-state index in [2.05, 4.69) is 10.3 Å². The number of aryl methyl sites for hydroxylation is 1. The highest BCUT2D eigenvalue weighted by molar-refractivity contribution is 7.99. The SMILES string of the molecule is Cc1ccc2nc(CSCC(=O)Nc3ccc(C(N)=O)cc3)cc(=O)n2c1. The number of amides is 2. The Kier molecular flexibility index (Phi) is 5.56. The van der Waals surface area contributed by atoms with Crippen molar-refractivity contribution in [3.63, 3.8) is 0 Å². The van der Waals surface area contributed by atoms with Crippen LogP contribution < -0.4 is 16.6 Å². The summed E-state index contributed by atoms with van der Waals surface area (Å²) in [6.45, 7) is 1.91. The summed E-state index contributed by atoms with van der Waals surface area (Å²) in [5.41, 5.74) is 8.20. The number of benzene rings is 1. The Morgan fingerprint density at radius 3 is 2.63 bits per heavy atom. The molecule has 2 aromatic heterocycles. The number of carbonyl (C=O) groups is 2. The number of rotatable bonds is 6. The second-order valence-electron chi connectivity index (χ2n) is 6.00. The van der Waals surface area contributed by atoms with Gasteiger partial charge in [0.15, 0.2) is 0 Å². The highest BCUT2D eigenvalue weighted by atomic mass is 32.2. The molecular weight excluding hydrogens is 364 g/mol. The lowest BCUT2D eigenvalue weighted by molar-refractivity contribution is -0.113. The summed E-state index contributed by atoms with van der Waals surface area (Å²) in [5, 5.41) is 2.74. The topological polar surface area (TPSA) is 107 Å². The number of pyridine rings is 1. The van der Waals surface area contributed by atoms with Crippen molar-refractivity contribution in [2.24, 2.45) is 5.73 Å². The molecule has 0 bridgehead atoms. The maximum atomic E-state index is 12.2. The number of aromatic nitrogens is 2. The maximum Gasteiger partial charge on any atom is 0.258 e. The second kappa shape index (κ2) is 8.05. The fraction of sp³-hybridized carbons (Fsp3) is 0.158. The molecule has 0 aliphatic heterocycles. The number of fused-ring (bicyclic) bond motifs is 1. The van der Waals surface area contributed by atoms with Gasteiger partial charge < -0.3 is 11.1 Å². The lowest BCUT2D eigenvalue weighted by Crippen LogP contribution is -2.16. The molecule has 3 rings (SSSR count). The van der Waals surface area contributed by atoms with Crippen molar-refractivity contribution in [3.8, 4) is 0 Å². The van der Waals surface area contributed by atoms with Crippen molar-refractivity contribution < 1.29 is 9.59 Å². The van der Waals surface area contributed by atoms with Gasteiger partial charge in [-0.25, -0.2) is 4.98 Å². The van der Waals surface area contributed by atoms with Gasteiger partial charge in [-0.3, -0.25) is 18.8 Å². The maximum absolute atomic E-state index is 12.2. The molecule has 0 aliphatic rings. The zero-order chi connectivity index (χ0) is 19.4. The van der Waals surface area contributed by atoms with Gasteiger partial charge in [0.05, 0.1) is 11.4 Å². The highest BCUT2D eigenvalue weighted by Crippen LogP contribution is 2.13. The third-order valence-electron chi connectivity index (χ3n) is 3.80. The van der Waals surface area contributed by atoms with Crippen LogP contribution in [0.1, 0.15) is 21.6 Å². The number of anilines is 1. The number of nitrogens with two attached hydrogens (primary N) is 1. The molecule has 0 saturated carbocycles. The van der Waals surface area contributed by atoms with E-state index in [0.29, 0.717) is 28.3 Å². The lowest BCUT2D eigenvalue weighted by atomic mass is 10.2. The minimum Gasteiger partial charge on any atom is -0.366 e. The molecule has 3 N–H and O–H groups in total. The van der Waals surface area contributed by atoms with E-state index in [0.717, 1.165) is 5.56 Å². The van der Waals surface area contributed by atoms with Gasteiger partial charge in [-0.1, -0.05) is 6.07 Å². The van der Waals surface area contributed by atoms with Crippen molar-refractivity contribution in [2.75, 3.05) is 11.1 Å². The summed E-state index contributed by atoms with van der Waals surface area (Å²) in [5.74, 6) is -0.0301. The molecule has 0 atom stereocenters. The quantitative estimate of drug-likeness (QED) is 0.678. The Hall–Kier alpha value is -3.13. The molecule has 2 heterocycles. The molecule has 0 unspecified atom stereocenters. The number of nitrogens with zero attached hydrogens (tertiary/aromatic N) is 2. The highest BCUT2D eigenvalue weighted by Gasteiger charge is 2.07. The number of primary amides is 1. The van der Waals surface area contributed by atoms with E-state index in [-0.39, 0.29) is 17.2 Å². The Bertz CT molecular complexity index is 1060. The van der Waals surface area contributed by atoms with E-state index >= 15 is 0 Å². The predicted molar refractivity (Wildman–Crippen MR) is 106 cm³/mol. The number of nitrogens with one attached hydrogen (secondary N) is 1. The molecule has 0 spiro atoms. The average molecular weight is 382 g/mol. The molecule has 0 aliphatic carbocycles. The van der Waals surface area contributed by atoms with Crippen molar-refractivity contribution in [1.29, 1.82) is 0 Å². The van der Waals surface area contributed by atoms with Crippen molar-refractivity contribution in [2.45, 2.75) is 12.7 Å². The van der Waals surface area contributed by atoms with Crippen LogP contribution in [0.3, 0.4) is 0 Å². The van der Waals surface area contributed by atoms with E-state index in [4.69, 9.17) is 5.73 Å². The third-order valence-corrected chi connectivity index (χ3v) is 4.76. The van der Waals surface area contributed by atoms with Crippen LogP contribution in [-0.4, -0.2) is 27.0 Å². The zero-order valence-corrected chi connectivity index (χ0v) is 15.5. The van der Waals surface area contributed by atoms with Crippen molar-refractivity contribution >= 4 is 34.9 Å². The fourth-order valence-corrected chi connectivity index (χ4v) is 3.21. The number of carbonyl (C=O) groups excluding carboxylic acids is 2. The van der Waals surface area contributed by atoms with Gasteiger partial charge in [0.25, 0.3) is 5.56 Å². The smallest absolute Gasteiger partial charge is 0.258 e. The lowest BCUT2D eigenvalue weighted by Gasteiger charge is -2.07. The first-order chi connectivity index (χ1) is 12.9. The number of thioether (sulfide) groups is 1. The van der Waals surface area contributed by atoms with Crippen LogP contribution in [0.15, 0.2) is 53.5 Å². The molecule has 0 saturated heterocycles. The summed E-state index contributed by atoms with van der Waals surface area (Å²) in [4.78, 5) is 39.7. The van der Waals surface area contributed by atoms with E-state index in [9.17, 15) is 14.4 Å². The summed E-state index contributed by atoms with van der Waals surface area (Å²) in [7, 11) is 0. The van der Waals surface area contributed by atoms with Gasteiger partial charge in [0.1, 0.15) is 5.65 Å². The van der Waals surface area contributed by atoms with Gasteiger partial charge in [-0.05, 0) is 42.8 Å². The van der Waals surface area contributed by atoms with Crippen LogP contribution >= 0.6 is 11.8 Å². The average Bonchev–Trinajstić information content (AvgIpc) is 2.63. The van der Waals surface area contributed by atoms with Crippen molar-refractivity contribution in [3.05, 3.63) is 75.8 Å². The number of hydrogen-bond donors (Lipinski definition) is 2. The van der Waals surface area contributed by atoms with Gasteiger partial charge in [-0.2, -0.15) is 0 Å². The standard InChI is InChI=1S/C19H18N4O3S/c1-12-2-7-16-21-15(8-18(25)23(16)9-12)10-27-11-17(24)22-14-5-3-13(4-6-14)19(20)26/h2-9H,10-11H2,1H3,(H2,20,26)(H,22,24). The molecule has 3 aromatic rings. The van der Waals surface area contributed by atoms with E-state index in [1.54, 1.807) is 36.5 Å². The Morgan fingerprint density at radius 2 is 1.93 bits per heavy atom. The molecule has 138 valence electrons. The van der Waals surface area contributed by atoms with Crippen LogP contribution in [0, 0.1) is 6.92 Å². The summed E-state index contributed by atoms with van der Waals surface area (Å²) >= 11 is 1.37. The molecule has 0 fully saturated rings. The summed E-state index contributed by atoms with van der Waals surface area (Å²) < 4.78 is 1.51. The molecule has 8 heteroatoms.